The number of alkyl halides is 3. The topological polar surface area (TPSA) is 9.23 Å². The zero-order valence-electron chi connectivity index (χ0n) is 7.74. The Labute approximate surface area is 84.9 Å². The van der Waals surface area contributed by atoms with E-state index in [9.17, 15) is 13.2 Å². The number of fused-ring (bicyclic) bond motifs is 4. The molecule has 1 nitrogen and oxygen atoms in total. The molecule has 3 aliphatic rings. The number of rotatable bonds is 0. The van der Waals surface area contributed by atoms with Gasteiger partial charge in [0.1, 0.15) is 6.10 Å². The number of hydrogen-bond donors (Lipinski definition) is 0. The number of ether oxygens (including phenoxy) is 1. The van der Waals surface area contributed by atoms with E-state index in [1.807, 2.05) is 6.08 Å². The molecule has 80 valence electrons. The highest BCUT2D eigenvalue weighted by Crippen LogP contribution is 2.51. The van der Waals surface area contributed by atoms with Gasteiger partial charge in [0, 0.05) is 11.8 Å². The standard InChI is InChI=1S/C11H9F3O/c12-11(13,14)6-1-2-7-9(5-6)8-3-4-15-10(7)8/h1-5,7-10H/t7-,8+,9+,10-/m0/s1. The van der Waals surface area contributed by atoms with Crippen molar-refractivity contribution in [1.29, 1.82) is 0 Å². The third-order valence-corrected chi connectivity index (χ3v) is 3.38. The average Bonchev–Trinajstić information content (AvgIpc) is 2.55. The zero-order valence-corrected chi connectivity index (χ0v) is 7.74. The van der Waals surface area contributed by atoms with Crippen molar-refractivity contribution in [2.24, 2.45) is 17.8 Å². The van der Waals surface area contributed by atoms with Crippen LogP contribution in [0.25, 0.3) is 0 Å². The molecule has 0 aromatic rings. The van der Waals surface area contributed by atoms with Crippen LogP contribution in [0.1, 0.15) is 0 Å². The molecule has 1 aliphatic heterocycles. The van der Waals surface area contributed by atoms with E-state index in [1.165, 1.54) is 12.2 Å². The van der Waals surface area contributed by atoms with Crippen LogP contribution in [-0.2, 0) is 4.74 Å². The summed E-state index contributed by atoms with van der Waals surface area (Å²) < 4.78 is 42.6. The van der Waals surface area contributed by atoms with E-state index in [0.717, 1.165) is 0 Å². The Morgan fingerprint density at radius 2 is 1.80 bits per heavy atom. The Bertz CT molecular complexity index is 378. The second kappa shape index (κ2) is 2.68. The van der Waals surface area contributed by atoms with E-state index in [4.69, 9.17) is 4.74 Å². The first-order chi connectivity index (χ1) is 7.07. The van der Waals surface area contributed by atoms with E-state index in [-0.39, 0.29) is 23.9 Å². The van der Waals surface area contributed by atoms with Crippen LogP contribution in [-0.4, -0.2) is 12.3 Å². The van der Waals surface area contributed by atoms with Gasteiger partial charge in [-0.25, -0.2) is 0 Å². The van der Waals surface area contributed by atoms with Crippen molar-refractivity contribution in [3.63, 3.8) is 0 Å². The first-order valence-electron chi connectivity index (χ1n) is 4.87. The van der Waals surface area contributed by atoms with Crippen molar-refractivity contribution in [2.45, 2.75) is 12.3 Å². The van der Waals surface area contributed by atoms with Gasteiger partial charge in [-0.3, -0.25) is 0 Å². The Morgan fingerprint density at radius 3 is 2.53 bits per heavy atom. The van der Waals surface area contributed by atoms with Crippen molar-refractivity contribution in [3.05, 3.63) is 36.1 Å². The van der Waals surface area contributed by atoms with Crippen molar-refractivity contribution >= 4 is 0 Å². The SMILES string of the molecule is FC(F)(F)C1=C[C@H]2[C@H]3C=CO[C@H]3[C@H]2C=C1. The Balaban J connectivity index is 1.88. The fourth-order valence-corrected chi connectivity index (χ4v) is 2.58. The van der Waals surface area contributed by atoms with Gasteiger partial charge in [0.05, 0.1) is 11.8 Å². The quantitative estimate of drug-likeness (QED) is 0.602. The fourth-order valence-electron chi connectivity index (χ4n) is 2.58. The third kappa shape index (κ3) is 1.17. The van der Waals surface area contributed by atoms with Crippen LogP contribution in [0.4, 0.5) is 13.2 Å². The molecule has 1 saturated carbocycles. The van der Waals surface area contributed by atoms with Gasteiger partial charge in [-0.05, 0) is 12.0 Å². The smallest absolute Gasteiger partial charge is 0.416 e. The molecule has 0 amide bonds. The van der Waals surface area contributed by atoms with Gasteiger partial charge in [0.15, 0.2) is 0 Å². The van der Waals surface area contributed by atoms with E-state index in [0.29, 0.717) is 0 Å². The summed E-state index contributed by atoms with van der Waals surface area (Å²) in [4.78, 5) is 0. The molecule has 1 heterocycles. The molecular weight excluding hydrogens is 205 g/mol. The lowest BCUT2D eigenvalue weighted by Gasteiger charge is -2.46. The van der Waals surface area contributed by atoms with Gasteiger partial charge in [0.25, 0.3) is 0 Å². The second-order valence-electron chi connectivity index (χ2n) is 4.14. The lowest BCUT2D eigenvalue weighted by Crippen LogP contribution is -2.48. The van der Waals surface area contributed by atoms with E-state index < -0.39 is 11.7 Å². The summed E-state index contributed by atoms with van der Waals surface area (Å²) in [5.74, 6) is 0.226. The van der Waals surface area contributed by atoms with Crippen LogP contribution in [0.15, 0.2) is 36.1 Å². The molecular formula is C11H9F3O. The molecule has 1 fully saturated rings. The largest absolute Gasteiger partial charge is 0.497 e. The number of allylic oxidation sites excluding steroid dienone is 3. The highest BCUT2D eigenvalue weighted by Gasteiger charge is 2.52. The summed E-state index contributed by atoms with van der Waals surface area (Å²) in [6.07, 6.45) is 3.43. The summed E-state index contributed by atoms with van der Waals surface area (Å²) in [7, 11) is 0. The van der Waals surface area contributed by atoms with Gasteiger partial charge in [-0.15, -0.1) is 0 Å². The van der Waals surface area contributed by atoms with E-state index in [2.05, 4.69) is 0 Å². The molecule has 0 aromatic carbocycles. The first kappa shape index (κ1) is 9.07. The average molecular weight is 214 g/mol. The minimum atomic E-state index is -4.23. The van der Waals surface area contributed by atoms with Gasteiger partial charge in [0.2, 0.25) is 0 Å². The lowest BCUT2D eigenvalue weighted by atomic mass is 9.60. The van der Waals surface area contributed by atoms with Crippen LogP contribution in [0.3, 0.4) is 0 Å². The first-order valence-corrected chi connectivity index (χ1v) is 4.87. The maximum atomic E-state index is 12.4. The highest BCUT2D eigenvalue weighted by molar-refractivity contribution is 5.35. The number of halogens is 3. The van der Waals surface area contributed by atoms with E-state index in [1.54, 1.807) is 12.3 Å². The van der Waals surface area contributed by atoms with Crippen molar-refractivity contribution in [1.82, 2.24) is 0 Å². The van der Waals surface area contributed by atoms with Crippen molar-refractivity contribution in [3.8, 4) is 0 Å². The minimum Gasteiger partial charge on any atom is -0.497 e. The molecule has 0 aromatic heterocycles. The third-order valence-electron chi connectivity index (χ3n) is 3.38. The normalized spacial score (nSPS) is 41.4. The summed E-state index contributed by atoms with van der Waals surface area (Å²) >= 11 is 0. The summed E-state index contributed by atoms with van der Waals surface area (Å²) in [6.45, 7) is 0. The Hall–Kier alpha value is -1.19. The minimum absolute atomic E-state index is 0.0321. The molecule has 0 unspecified atom stereocenters. The maximum absolute atomic E-state index is 12.4. The van der Waals surface area contributed by atoms with Gasteiger partial charge in [-0.2, -0.15) is 13.2 Å². The van der Waals surface area contributed by atoms with Crippen LogP contribution in [0.2, 0.25) is 0 Å². The molecule has 3 rings (SSSR count). The van der Waals surface area contributed by atoms with Gasteiger partial charge in [-0.1, -0.05) is 18.2 Å². The highest BCUT2D eigenvalue weighted by atomic mass is 19.4. The summed E-state index contributed by atoms with van der Waals surface area (Å²) in [6, 6.07) is 0. The molecule has 4 atom stereocenters. The molecule has 4 heteroatoms. The predicted molar refractivity (Wildman–Crippen MR) is 47.8 cm³/mol. The van der Waals surface area contributed by atoms with Crippen molar-refractivity contribution < 1.29 is 17.9 Å². The zero-order chi connectivity index (χ0) is 10.6. The molecule has 0 bridgehead atoms. The van der Waals surface area contributed by atoms with Crippen molar-refractivity contribution in [2.75, 3.05) is 0 Å². The van der Waals surface area contributed by atoms with Crippen LogP contribution < -0.4 is 0 Å². The number of hydrogen-bond acceptors (Lipinski definition) is 1. The van der Waals surface area contributed by atoms with Gasteiger partial charge < -0.3 is 4.74 Å². The Kier molecular flexibility index (Phi) is 1.62. The van der Waals surface area contributed by atoms with Gasteiger partial charge >= 0.3 is 6.18 Å². The molecule has 0 saturated heterocycles. The maximum Gasteiger partial charge on any atom is 0.416 e. The summed E-state index contributed by atoms with van der Waals surface area (Å²) in [5, 5.41) is 0. The second-order valence-corrected chi connectivity index (χ2v) is 4.14. The Morgan fingerprint density at radius 1 is 1.07 bits per heavy atom. The van der Waals surface area contributed by atoms with Crippen LogP contribution in [0, 0.1) is 17.8 Å². The monoisotopic (exact) mass is 214 g/mol. The van der Waals surface area contributed by atoms with Crippen LogP contribution >= 0.6 is 0 Å². The van der Waals surface area contributed by atoms with E-state index >= 15 is 0 Å². The fraction of sp³-hybridized carbons (Fsp3) is 0.455. The lowest BCUT2D eigenvalue weighted by molar-refractivity contribution is -0.0919. The van der Waals surface area contributed by atoms with Crippen LogP contribution in [0.5, 0.6) is 0 Å². The molecule has 15 heavy (non-hydrogen) atoms. The molecule has 0 spiro atoms. The molecule has 0 radical (unpaired) electrons. The predicted octanol–water partition coefficient (Wildman–Crippen LogP) is 2.82. The molecule has 0 N–H and O–H groups in total. The molecule has 2 aliphatic carbocycles. The summed E-state index contributed by atoms with van der Waals surface area (Å²) in [5.41, 5.74) is -0.525.